The van der Waals surface area contributed by atoms with Gasteiger partial charge in [0, 0.05) is 24.7 Å². The fourth-order valence-corrected chi connectivity index (χ4v) is 5.72. The highest BCUT2D eigenvalue weighted by Gasteiger charge is 2.41. The van der Waals surface area contributed by atoms with Gasteiger partial charge in [-0.3, -0.25) is 9.69 Å². The number of ether oxygens (including phenoxy) is 1. The van der Waals surface area contributed by atoms with Gasteiger partial charge in [-0.05, 0) is 69.4 Å². The second-order valence-electron chi connectivity index (χ2n) is 9.45. The number of piperidine rings is 1. The lowest BCUT2D eigenvalue weighted by Gasteiger charge is -2.39. The van der Waals surface area contributed by atoms with Crippen molar-refractivity contribution in [3.05, 3.63) is 54.1 Å². The van der Waals surface area contributed by atoms with Gasteiger partial charge in [-0.1, -0.05) is 35.6 Å². The Morgan fingerprint density at radius 3 is 2.50 bits per heavy atom. The molecule has 2 bridgehead atoms. The molecule has 3 heterocycles. The van der Waals surface area contributed by atoms with E-state index >= 15 is 0 Å². The average Bonchev–Trinajstić information content (AvgIpc) is 3.25. The summed E-state index contributed by atoms with van der Waals surface area (Å²) in [6, 6.07) is 17.4. The Kier molecular flexibility index (Phi) is 5.65. The van der Waals surface area contributed by atoms with E-state index in [1.165, 1.54) is 32.3 Å². The standard InChI is InChI=1S/C25H29N3O3S/c1-25(2,30)23(29)26-17-13-18-9-10-19(14-17)28(18)15-16-7-11-20(12-8-16)31-24-27-21-5-3-4-6-22(21)32-24/h3-8,11-12,17-19,30H,9-10,13-15H2,1-2H3,(H,26,29)/t18-,19-/m1/s1. The molecule has 2 fully saturated rings. The number of hydrogen-bond donors (Lipinski definition) is 2. The maximum atomic E-state index is 12.2. The summed E-state index contributed by atoms with van der Waals surface area (Å²) in [7, 11) is 0. The molecule has 0 spiro atoms. The highest BCUT2D eigenvalue weighted by molar-refractivity contribution is 7.20. The fraction of sp³-hybridized carbons (Fsp3) is 0.440. The van der Waals surface area contributed by atoms with Gasteiger partial charge in [0.15, 0.2) is 0 Å². The second-order valence-corrected chi connectivity index (χ2v) is 10.4. The summed E-state index contributed by atoms with van der Waals surface area (Å²) in [4.78, 5) is 19.3. The number of aliphatic hydroxyl groups is 1. The number of aromatic nitrogens is 1. The van der Waals surface area contributed by atoms with Gasteiger partial charge in [-0.15, -0.1) is 0 Å². The molecule has 5 rings (SSSR count). The molecule has 168 valence electrons. The zero-order chi connectivity index (χ0) is 22.3. The maximum Gasteiger partial charge on any atom is 0.279 e. The first kappa shape index (κ1) is 21.4. The third-order valence-corrected chi connectivity index (χ3v) is 7.46. The van der Waals surface area contributed by atoms with Crippen molar-refractivity contribution in [3.63, 3.8) is 0 Å². The highest BCUT2D eigenvalue weighted by atomic mass is 32.1. The van der Waals surface area contributed by atoms with Crippen LogP contribution in [-0.2, 0) is 11.3 Å². The lowest BCUT2D eigenvalue weighted by atomic mass is 9.95. The predicted octanol–water partition coefficient (Wildman–Crippen LogP) is 4.47. The SMILES string of the molecule is CC(C)(O)C(=O)NC1C[C@H]2CC[C@H](C1)N2Cc1ccc(Oc2nc3ccccc3s2)cc1. The minimum absolute atomic E-state index is 0.146. The van der Waals surface area contributed by atoms with Crippen LogP contribution in [0.1, 0.15) is 45.1 Å². The van der Waals surface area contributed by atoms with Crippen LogP contribution in [-0.4, -0.2) is 44.6 Å². The first-order valence-electron chi connectivity index (χ1n) is 11.3. The molecule has 6 nitrogen and oxygen atoms in total. The number of benzene rings is 2. The van der Waals surface area contributed by atoms with Crippen molar-refractivity contribution in [1.82, 2.24) is 15.2 Å². The first-order chi connectivity index (χ1) is 15.3. The van der Waals surface area contributed by atoms with Crippen LogP contribution in [0, 0.1) is 0 Å². The molecule has 0 aliphatic carbocycles. The van der Waals surface area contributed by atoms with E-state index in [2.05, 4.69) is 33.4 Å². The number of hydrogen-bond acceptors (Lipinski definition) is 6. The molecule has 2 aliphatic rings. The molecule has 0 saturated carbocycles. The van der Waals surface area contributed by atoms with Crippen LogP contribution in [0.15, 0.2) is 48.5 Å². The van der Waals surface area contributed by atoms with E-state index in [0.717, 1.165) is 35.4 Å². The number of para-hydroxylation sites is 1. The minimum atomic E-state index is -1.33. The molecule has 1 amide bonds. The van der Waals surface area contributed by atoms with E-state index in [0.29, 0.717) is 17.3 Å². The summed E-state index contributed by atoms with van der Waals surface area (Å²) in [5.74, 6) is 0.517. The Hall–Kier alpha value is -2.48. The third kappa shape index (κ3) is 4.51. The van der Waals surface area contributed by atoms with E-state index in [9.17, 15) is 9.90 Å². The molecule has 1 aromatic heterocycles. The van der Waals surface area contributed by atoms with E-state index < -0.39 is 5.60 Å². The molecule has 0 radical (unpaired) electrons. The van der Waals surface area contributed by atoms with Gasteiger partial charge in [0.25, 0.3) is 11.1 Å². The lowest BCUT2D eigenvalue weighted by molar-refractivity contribution is -0.137. The van der Waals surface area contributed by atoms with Crippen LogP contribution in [0.4, 0.5) is 0 Å². The molecule has 32 heavy (non-hydrogen) atoms. The van der Waals surface area contributed by atoms with Gasteiger partial charge in [0.05, 0.1) is 10.2 Å². The number of thiazole rings is 1. The second kappa shape index (κ2) is 8.46. The van der Waals surface area contributed by atoms with Gasteiger partial charge in [0.1, 0.15) is 11.4 Å². The smallest absolute Gasteiger partial charge is 0.279 e. The topological polar surface area (TPSA) is 74.7 Å². The first-order valence-corrected chi connectivity index (χ1v) is 12.1. The van der Waals surface area contributed by atoms with Crippen LogP contribution in [0.5, 0.6) is 10.9 Å². The van der Waals surface area contributed by atoms with E-state index in [1.807, 2.05) is 30.3 Å². The quantitative estimate of drug-likeness (QED) is 0.578. The largest absolute Gasteiger partial charge is 0.431 e. The molecule has 3 aromatic rings. The Bertz CT molecular complexity index is 1060. The minimum Gasteiger partial charge on any atom is -0.431 e. The number of nitrogens with one attached hydrogen (secondary N) is 1. The molecule has 2 N–H and O–H groups in total. The summed E-state index contributed by atoms with van der Waals surface area (Å²) in [5, 5.41) is 13.6. The van der Waals surface area contributed by atoms with Gasteiger partial charge < -0.3 is 15.2 Å². The Morgan fingerprint density at radius 2 is 1.84 bits per heavy atom. The summed E-state index contributed by atoms with van der Waals surface area (Å²) in [6.07, 6.45) is 4.21. The lowest BCUT2D eigenvalue weighted by Crippen LogP contribution is -2.53. The number of carbonyl (C=O) groups is 1. The van der Waals surface area contributed by atoms with Gasteiger partial charge >= 0.3 is 0 Å². The third-order valence-electron chi connectivity index (χ3n) is 6.54. The van der Waals surface area contributed by atoms with E-state index in [1.54, 1.807) is 11.3 Å². The molecular formula is C25H29N3O3S. The van der Waals surface area contributed by atoms with Crippen LogP contribution >= 0.6 is 11.3 Å². The molecule has 2 aliphatic heterocycles. The summed E-state index contributed by atoms with van der Waals surface area (Å²) in [6.45, 7) is 3.98. The van der Waals surface area contributed by atoms with Crippen molar-refractivity contribution in [2.24, 2.45) is 0 Å². The van der Waals surface area contributed by atoms with Gasteiger partial charge in [-0.25, -0.2) is 4.98 Å². The molecule has 2 aromatic carbocycles. The maximum absolute atomic E-state index is 12.2. The number of fused-ring (bicyclic) bond motifs is 3. The highest BCUT2D eigenvalue weighted by Crippen LogP contribution is 2.37. The van der Waals surface area contributed by atoms with Crippen molar-refractivity contribution in [3.8, 4) is 10.9 Å². The number of carbonyl (C=O) groups excluding carboxylic acids is 1. The molecule has 2 saturated heterocycles. The van der Waals surface area contributed by atoms with Crippen LogP contribution < -0.4 is 10.1 Å². The summed E-state index contributed by atoms with van der Waals surface area (Å²) >= 11 is 1.55. The number of nitrogens with zero attached hydrogens (tertiary/aromatic N) is 2. The molecule has 7 heteroatoms. The van der Waals surface area contributed by atoms with E-state index in [4.69, 9.17) is 4.74 Å². The molecular weight excluding hydrogens is 422 g/mol. The monoisotopic (exact) mass is 451 g/mol. The van der Waals surface area contributed by atoms with Crippen molar-refractivity contribution in [1.29, 1.82) is 0 Å². The number of amides is 1. The summed E-state index contributed by atoms with van der Waals surface area (Å²) in [5.41, 5.74) is 0.894. The van der Waals surface area contributed by atoms with Crippen molar-refractivity contribution in [2.45, 2.75) is 69.8 Å². The van der Waals surface area contributed by atoms with Crippen molar-refractivity contribution in [2.75, 3.05) is 0 Å². The zero-order valence-electron chi connectivity index (χ0n) is 18.5. The van der Waals surface area contributed by atoms with Gasteiger partial charge in [-0.2, -0.15) is 0 Å². The Labute approximate surface area is 192 Å². The average molecular weight is 452 g/mol. The normalized spacial score (nSPS) is 23.4. The Morgan fingerprint density at radius 1 is 1.16 bits per heavy atom. The van der Waals surface area contributed by atoms with Crippen LogP contribution in [0.25, 0.3) is 10.2 Å². The molecule has 2 atom stereocenters. The summed E-state index contributed by atoms with van der Waals surface area (Å²) < 4.78 is 7.10. The van der Waals surface area contributed by atoms with Crippen LogP contribution in [0.2, 0.25) is 0 Å². The predicted molar refractivity (Wildman–Crippen MR) is 126 cm³/mol. The Balaban J connectivity index is 1.19. The zero-order valence-corrected chi connectivity index (χ0v) is 19.3. The number of rotatable bonds is 6. The van der Waals surface area contributed by atoms with Crippen molar-refractivity contribution >= 4 is 27.5 Å². The van der Waals surface area contributed by atoms with Crippen LogP contribution in [0.3, 0.4) is 0 Å². The fourth-order valence-electron chi connectivity index (χ4n) is 4.88. The molecule has 0 unspecified atom stereocenters. The van der Waals surface area contributed by atoms with E-state index in [-0.39, 0.29) is 11.9 Å². The van der Waals surface area contributed by atoms with Gasteiger partial charge in [0.2, 0.25) is 0 Å². The van der Waals surface area contributed by atoms with Crippen molar-refractivity contribution < 1.29 is 14.6 Å².